The lowest BCUT2D eigenvalue weighted by atomic mass is 10.2. The molecule has 5 heterocycles. The molecule has 0 unspecified atom stereocenters. The third-order valence-corrected chi connectivity index (χ3v) is 6.77. The van der Waals surface area contributed by atoms with Crippen LogP contribution in [-0.4, -0.2) is 57.0 Å². The fourth-order valence-corrected chi connectivity index (χ4v) is 4.79. The lowest BCUT2D eigenvalue weighted by Crippen LogP contribution is -2.28. The fraction of sp³-hybridized carbons (Fsp3) is 0.308. The van der Waals surface area contributed by atoms with Crippen LogP contribution in [0, 0.1) is 0 Å². The second-order valence-electron chi connectivity index (χ2n) is 9.22. The topological polar surface area (TPSA) is 125 Å². The average Bonchev–Trinajstić information content (AvgIpc) is 3.73. The first kappa shape index (κ1) is 22.5. The molecular weight excluding hydrogens is 490 g/mol. The van der Waals surface area contributed by atoms with Gasteiger partial charge in [0.1, 0.15) is 0 Å². The zero-order valence-electron chi connectivity index (χ0n) is 20.5. The number of carbonyl (C=O) groups is 1. The molecule has 0 saturated carbocycles. The molecule has 0 bridgehead atoms. The Morgan fingerprint density at radius 3 is 2.50 bits per heavy atom. The number of likely N-dealkylation sites (tertiary alicyclic amines) is 1. The maximum Gasteiger partial charge on any atom is 0.231 e. The highest BCUT2D eigenvalue weighted by Gasteiger charge is 2.21. The van der Waals surface area contributed by atoms with Crippen molar-refractivity contribution in [3.05, 3.63) is 48.3 Å². The van der Waals surface area contributed by atoms with Gasteiger partial charge in [-0.1, -0.05) is 6.07 Å². The molecule has 0 atom stereocenters. The third kappa shape index (κ3) is 4.23. The van der Waals surface area contributed by atoms with Crippen LogP contribution < -0.4 is 29.6 Å². The molecule has 2 aromatic heterocycles. The molecule has 0 aliphatic carbocycles. The van der Waals surface area contributed by atoms with E-state index in [2.05, 4.69) is 15.6 Å². The minimum atomic E-state index is 0.195. The number of nitrogens with one attached hydrogen (secondary N) is 2. The molecule has 38 heavy (non-hydrogen) atoms. The van der Waals surface area contributed by atoms with Crippen LogP contribution in [0.3, 0.4) is 0 Å². The van der Waals surface area contributed by atoms with E-state index in [-0.39, 0.29) is 19.5 Å². The van der Waals surface area contributed by atoms with E-state index >= 15 is 0 Å². The van der Waals surface area contributed by atoms with E-state index in [1.165, 1.54) is 0 Å². The number of carbonyl (C=O) groups excluding carboxylic acids is 1. The molecule has 3 aliphatic heterocycles. The van der Waals surface area contributed by atoms with Gasteiger partial charge in [-0.05, 0) is 36.2 Å². The molecule has 3 aliphatic rings. The Morgan fingerprint density at radius 1 is 0.895 bits per heavy atom. The molecule has 0 radical (unpaired) electrons. The minimum Gasteiger partial charge on any atom is -0.454 e. The number of imidazole rings is 1. The van der Waals surface area contributed by atoms with Crippen molar-refractivity contribution in [2.24, 2.45) is 0 Å². The summed E-state index contributed by atoms with van der Waals surface area (Å²) >= 11 is 0. The van der Waals surface area contributed by atoms with Gasteiger partial charge >= 0.3 is 0 Å². The van der Waals surface area contributed by atoms with Crippen LogP contribution in [0.25, 0.3) is 11.2 Å². The number of ether oxygens (including phenoxy) is 4. The number of nitrogens with zero attached hydrogens (tertiary/aromatic N) is 5. The molecule has 1 fully saturated rings. The summed E-state index contributed by atoms with van der Waals surface area (Å²) in [6, 6.07) is 11.4. The number of rotatable bonds is 8. The first-order valence-corrected chi connectivity index (χ1v) is 12.5. The first-order valence-electron chi connectivity index (χ1n) is 12.5. The molecule has 7 rings (SSSR count). The highest BCUT2D eigenvalue weighted by Crippen LogP contribution is 2.36. The largest absolute Gasteiger partial charge is 0.454 e. The van der Waals surface area contributed by atoms with Gasteiger partial charge < -0.3 is 39.0 Å². The van der Waals surface area contributed by atoms with E-state index in [0.29, 0.717) is 60.5 Å². The predicted octanol–water partition coefficient (Wildman–Crippen LogP) is 3.26. The summed E-state index contributed by atoms with van der Waals surface area (Å²) in [5.41, 5.74) is 3.09. The monoisotopic (exact) mass is 515 g/mol. The lowest BCUT2D eigenvalue weighted by Gasteiger charge is -2.16. The summed E-state index contributed by atoms with van der Waals surface area (Å²) in [5.74, 6) is 4.02. The van der Waals surface area contributed by atoms with Crippen molar-refractivity contribution in [2.45, 2.75) is 25.9 Å². The molecule has 12 heteroatoms. The summed E-state index contributed by atoms with van der Waals surface area (Å²) in [4.78, 5) is 28.1. The Bertz CT molecular complexity index is 1540. The van der Waals surface area contributed by atoms with Crippen molar-refractivity contribution in [3.63, 3.8) is 0 Å². The fourth-order valence-electron chi connectivity index (χ4n) is 4.79. The van der Waals surface area contributed by atoms with Crippen LogP contribution in [0.15, 0.2) is 42.7 Å². The molecule has 194 valence electrons. The maximum atomic E-state index is 12.1. The Balaban J connectivity index is 1.18. The second-order valence-corrected chi connectivity index (χ2v) is 9.22. The molecule has 4 aromatic rings. The van der Waals surface area contributed by atoms with E-state index in [1.807, 2.05) is 45.9 Å². The molecule has 1 saturated heterocycles. The van der Waals surface area contributed by atoms with Gasteiger partial charge in [-0.3, -0.25) is 4.79 Å². The summed E-state index contributed by atoms with van der Waals surface area (Å²) in [7, 11) is 0. The van der Waals surface area contributed by atoms with E-state index in [9.17, 15) is 4.79 Å². The van der Waals surface area contributed by atoms with Crippen molar-refractivity contribution in [1.82, 2.24) is 24.4 Å². The summed E-state index contributed by atoms with van der Waals surface area (Å²) in [6.45, 7) is 2.91. The van der Waals surface area contributed by atoms with Crippen molar-refractivity contribution >= 4 is 34.5 Å². The van der Waals surface area contributed by atoms with Crippen molar-refractivity contribution in [2.75, 3.05) is 37.3 Å². The molecule has 2 N–H and O–H groups in total. The zero-order valence-corrected chi connectivity index (χ0v) is 20.5. The smallest absolute Gasteiger partial charge is 0.231 e. The van der Waals surface area contributed by atoms with Crippen LogP contribution in [0.2, 0.25) is 0 Å². The van der Waals surface area contributed by atoms with Gasteiger partial charge in [-0.15, -0.1) is 0 Å². The predicted molar refractivity (Wildman–Crippen MR) is 137 cm³/mol. The van der Waals surface area contributed by atoms with Gasteiger partial charge in [-0.25, -0.2) is 4.98 Å². The normalized spacial score (nSPS) is 15.5. The molecule has 1 amide bonds. The second kappa shape index (κ2) is 9.29. The molecule has 2 aromatic carbocycles. The summed E-state index contributed by atoms with van der Waals surface area (Å²) in [5, 5.41) is 6.69. The van der Waals surface area contributed by atoms with Gasteiger partial charge in [0.25, 0.3) is 0 Å². The van der Waals surface area contributed by atoms with Gasteiger partial charge in [0.05, 0.1) is 6.33 Å². The Hall–Kier alpha value is -4.74. The summed E-state index contributed by atoms with van der Waals surface area (Å²) in [6.07, 6.45) is 3.26. The van der Waals surface area contributed by atoms with Crippen molar-refractivity contribution in [1.29, 1.82) is 0 Å². The van der Waals surface area contributed by atoms with Gasteiger partial charge in [0.2, 0.25) is 25.4 Å². The SMILES string of the molecule is O=C1CCCN1CCn1cnc2c(Nc3ccc4c(c3)OCO4)nc(NCc3ccc4c(c3)OCO4)nc21. The van der Waals surface area contributed by atoms with Crippen LogP contribution in [0.5, 0.6) is 23.0 Å². The standard InChI is InChI=1S/C26H25N7O5/c34-22-2-1-7-32(22)8-9-33-13-28-23-24(29-17-4-6-19-21(11-17)38-15-36-19)30-26(31-25(23)33)27-12-16-3-5-18-20(10-16)37-14-35-18/h3-6,10-11,13H,1-2,7-9,12,14-15H2,(H2,27,29,30,31). The van der Waals surface area contributed by atoms with Crippen LogP contribution in [0.4, 0.5) is 17.5 Å². The number of benzene rings is 2. The van der Waals surface area contributed by atoms with Crippen molar-refractivity contribution in [3.8, 4) is 23.0 Å². The first-order chi connectivity index (χ1) is 18.7. The number of hydrogen-bond acceptors (Lipinski definition) is 10. The van der Waals surface area contributed by atoms with E-state index < -0.39 is 0 Å². The van der Waals surface area contributed by atoms with E-state index in [4.69, 9.17) is 28.9 Å². The van der Waals surface area contributed by atoms with Crippen LogP contribution >= 0.6 is 0 Å². The van der Waals surface area contributed by atoms with Gasteiger partial charge in [-0.2, -0.15) is 9.97 Å². The highest BCUT2D eigenvalue weighted by molar-refractivity contribution is 5.87. The van der Waals surface area contributed by atoms with Crippen LogP contribution in [-0.2, 0) is 17.9 Å². The number of aromatic nitrogens is 4. The summed E-state index contributed by atoms with van der Waals surface area (Å²) < 4.78 is 23.8. The number of amides is 1. The Labute approximate surface area is 217 Å². The Morgan fingerprint density at radius 2 is 1.68 bits per heavy atom. The lowest BCUT2D eigenvalue weighted by molar-refractivity contribution is -0.127. The average molecular weight is 516 g/mol. The van der Waals surface area contributed by atoms with E-state index in [1.54, 1.807) is 6.33 Å². The Kier molecular flexibility index (Phi) is 5.49. The number of hydrogen-bond donors (Lipinski definition) is 2. The van der Waals surface area contributed by atoms with Crippen LogP contribution in [0.1, 0.15) is 18.4 Å². The number of fused-ring (bicyclic) bond motifs is 3. The quantitative estimate of drug-likeness (QED) is 0.361. The third-order valence-electron chi connectivity index (χ3n) is 6.77. The van der Waals surface area contributed by atoms with Crippen molar-refractivity contribution < 1.29 is 23.7 Å². The maximum absolute atomic E-state index is 12.1. The number of anilines is 3. The highest BCUT2D eigenvalue weighted by atomic mass is 16.7. The van der Waals surface area contributed by atoms with E-state index in [0.717, 1.165) is 35.7 Å². The molecular formula is C26H25N7O5. The zero-order chi connectivity index (χ0) is 25.5. The minimum absolute atomic E-state index is 0.195. The molecule has 12 nitrogen and oxygen atoms in total. The van der Waals surface area contributed by atoms with Gasteiger partial charge in [0, 0.05) is 44.4 Å². The molecule has 0 spiro atoms. The van der Waals surface area contributed by atoms with Gasteiger partial charge in [0.15, 0.2) is 40.0 Å².